The second-order valence-electron chi connectivity index (χ2n) is 8.09. The van der Waals surface area contributed by atoms with Gasteiger partial charge in [0, 0.05) is 20.0 Å². The molecule has 0 spiro atoms. The standard InChI is InChI=1S/C25H31NO9/c1-17(24(31)26-20(16-34-25(26)32)15-19-7-4-3-5-8-19)23(35-18(2)28)22(30)11-10-21(29)9-6-13-33-14-12-27/h3-5,7-8,10-11,17,20,23,27H,6,9,12-16H2,1-2H3/t17-,20-,23-/m0/s1. The highest BCUT2D eigenvalue weighted by atomic mass is 16.6. The smallest absolute Gasteiger partial charge is 0.416 e. The lowest BCUT2D eigenvalue weighted by atomic mass is 9.97. The van der Waals surface area contributed by atoms with Crippen LogP contribution in [0.2, 0.25) is 0 Å². The molecule has 190 valence electrons. The number of ether oxygens (including phenoxy) is 3. The molecule has 1 heterocycles. The third-order valence-electron chi connectivity index (χ3n) is 5.31. The molecule has 1 saturated heterocycles. The molecule has 0 radical (unpaired) electrons. The molecule has 0 bridgehead atoms. The largest absolute Gasteiger partial charge is 0.453 e. The van der Waals surface area contributed by atoms with Gasteiger partial charge < -0.3 is 19.3 Å². The topological polar surface area (TPSA) is 137 Å². The Balaban J connectivity index is 2.06. The van der Waals surface area contributed by atoms with Crippen molar-refractivity contribution in [2.75, 3.05) is 26.4 Å². The monoisotopic (exact) mass is 489 g/mol. The van der Waals surface area contributed by atoms with Gasteiger partial charge in [-0.25, -0.2) is 9.69 Å². The number of rotatable bonds is 14. The lowest BCUT2D eigenvalue weighted by molar-refractivity contribution is -0.158. The van der Waals surface area contributed by atoms with Gasteiger partial charge in [-0.05, 0) is 37.5 Å². The van der Waals surface area contributed by atoms with Crippen molar-refractivity contribution in [3.63, 3.8) is 0 Å². The van der Waals surface area contributed by atoms with Gasteiger partial charge in [0.1, 0.15) is 6.61 Å². The number of carbonyl (C=O) groups is 5. The Morgan fingerprint density at radius 3 is 2.54 bits per heavy atom. The van der Waals surface area contributed by atoms with Gasteiger partial charge in [-0.3, -0.25) is 19.2 Å². The van der Waals surface area contributed by atoms with Gasteiger partial charge in [-0.1, -0.05) is 30.3 Å². The van der Waals surface area contributed by atoms with Crippen LogP contribution in [0.3, 0.4) is 0 Å². The first-order chi connectivity index (χ1) is 16.7. The number of aliphatic hydroxyl groups excluding tert-OH is 1. The fourth-order valence-electron chi connectivity index (χ4n) is 3.57. The minimum Gasteiger partial charge on any atom is -0.453 e. The van der Waals surface area contributed by atoms with E-state index in [1.54, 1.807) is 0 Å². The zero-order valence-corrected chi connectivity index (χ0v) is 19.9. The number of esters is 1. The van der Waals surface area contributed by atoms with Gasteiger partial charge in [0.25, 0.3) is 0 Å². The molecule has 35 heavy (non-hydrogen) atoms. The highest BCUT2D eigenvalue weighted by Crippen LogP contribution is 2.23. The van der Waals surface area contributed by atoms with Gasteiger partial charge in [-0.15, -0.1) is 0 Å². The molecule has 0 unspecified atom stereocenters. The zero-order valence-electron chi connectivity index (χ0n) is 19.9. The highest BCUT2D eigenvalue weighted by molar-refractivity contribution is 6.04. The minimum atomic E-state index is -1.51. The molecule has 1 aliphatic rings. The summed E-state index contributed by atoms with van der Waals surface area (Å²) in [6.07, 6.45) is 0.576. The number of hydrogen-bond acceptors (Lipinski definition) is 9. The molecule has 1 N–H and O–H groups in total. The zero-order chi connectivity index (χ0) is 25.8. The van der Waals surface area contributed by atoms with E-state index in [1.165, 1.54) is 6.92 Å². The van der Waals surface area contributed by atoms with E-state index in [0.29, 0.717) is 12.8 Å². The first-order valence-electron chi connectivity index (χ1n) is 11.4. The van der Waals surface area contributed by atoms with E-state index < -0.39 is 41.8 Å². The third-order valence-corrected chi connectivity index (χ3v) is 5.31. The van der Waals surface area contributed by atoms with Crippen LogP contribution in [-0.4, -0.2) is 78.1 Å². The summed E-state index contributed by atoms with van der Waals surface area (Å²) in [4.78, 5) is 62.9. The highest BCUT2D eigenvalue weighted by Gasteiger charge is 2.43. The van der Waals surface area contributed by atoms with Gasteiger partial charge >= 0.3 is 12.1 Å². The van der Waals surface area contributed by atoms with E-state index in [0.717, 1.165) is 29.5 Å². The summed E-state index contributed by atoms with van der Waals surface area (Å²) < 4.78 is 15.3. The summed E-state index contributed by atoms with van der Waals surface area (Å²) in [6.45, 7) is 2.84. The Morgan fingerprint density at radius 1 is 1.17 bits per heavy atom. The lowest BCUT2D eigenvalue weighted by Gasteiger charge is -2.26. The lowest BCUT2D eigenvalue weighted by Crippen LogP contribution is -2.48. The summed E-state index contributed by atoms with van der Waals surface area (Å²) >= 11 is 0. The Kier molecular flexibility index (Phi) is 11.2. The van der Waals surface area contributed by atoms with Crippen LogP contribution in [0.5, 0.6) is 0 Å². The van der Waals surface area contributed by atoms with Gasteiger partial charge in [-0.2, -0.15) is 0 Å². The quantitative estimate of drug-likeness (QED) is 0.235. The van der Waals surface area contributed by atoms with E-state index in [2.05, 4.69) is 0 Å². The van der Waals surface area contributed by atoms with Gasteiger partial charge in [0.2, 0.25) is 5.91 Å². The number of benzene rings is 1. The predicted octanol–water partition coefficient (Wildman–Crippen LogP) is 1.63. The van der Waals surface area contributed by atoms with Crippen LogP contribution >= 0.6 is 0 Å². The number of aliphatic hydroxyl groups is 1. The number of allylic oxidation sites excluding steroid dienone is 1. The molecule has 1 aromatic rings. The Morgan fingerprint density at radius 2 is 1.89 bits per heavy atom. The number of nitrogens with zero attached hydrogens (tertiary/aromatic N) is 1. The van der Waals surface area contributed by atoms with Crippen LogP contribution in [0.15, 0.2) is 42.5 Å². The first kappa shape index (κ1) is 27.9. The van der Waals surface area contributed by atoms with Crippen molar-refractivity contribution >= 4 is 29.5 Å². The second-order valence-corrected chi connectivity index (χ2v) is 8.09. The molecule has 10 nitrogen and oxygen atoms in total. The van der Waals surface area contributed by atoms with Crippen molar-refractivity contribution in [3.8, 4) is 0 Å². The van der Waals surface area contributed by atoms with E-state index in [9.17, 15) is 24.0 Å². The maximum absolute atomic E-state index is 13.2. The van der Waals surface area contributed by atoms with Crippen LogP contribution in [0, 0.1) is 5.92 Å². The summed E-state index contributed by atoms with van der Waals surface area (Å²) in [6, 6.07) is 8.68. The fourth-order valence-corrected chi connectivity index (χ4v) is 3.57. The molecule has 0 saturated carbocycles. The average Bonchev–Trinajstić information content (AvgIpc) is 3.20. The molecule has 0 aliphatic carbocycles. The van der Waals surface area contributed by atoms with E-state index in [4.69, 9.17) is 19.3 Å². The maximum atomic E-state index is 13.2. The minimum absolute atomic E-state index is 0.00872. The molecule has 2 amide bonds. The maximum Gasteiger partial charge on any atom is 0.416 e. The molecule has 0 aromatic heterocycles. The van der Waals surface area contributed by atoms with E-state index in [-0.39, 0.29) is 38.6 Å². The number of imide groups is 1. The van der Waals surface area contributed by atoms with E-state index >= 15 is 0 Å². The number of ketones is 2. The first-order valence-corrected chi connectivity index (χ1v) is 11.4. The van der Waals surface area contributed by atoms with Crippen LogP contribution < -0.4 is 0 Å². The summed E-state index contributed by atoms with van der Waals surface area (Å²) in [7, 11) is 0. The Labute approximate surface area is 203 Å². The molecule has 1 aliphatic heterocycles. The van der Waals surface area contributed by atoms with Crippen LogP contribution in [0.4, 0.5) is 4.79 Å². The molecular weight excluding hydrogens is 458 g/mol. The van der Waals surface area contributed by atoms with Crippen molar-refractivity contribution in [2.24, 2.45) is 5.92 Å². The Bertz CT molecular complexity index is 928. The molecule has 2 rings (SSSR count). The van der Waals surface area contributed by atoms with Crippen LogP contribution in [0.25, 0.3) is 0 Å². The summed E-state index contributed by atoms with van der Waals surface area (Å²) in [5.41, 5.74) is 0.900. The van der Waals surface area contributed by atoms with Crippen molar-refractivity contribution in [1.29, 1.82) is 0 Å². The second kappa shape index (κ2) is 14.1. The van der Waals surface area contributed by atoms with Crippen molar-refractivity contribution < 1.29 is 43.3 Å². The van der Waals surface area contributed by atoms with Crippen molar-refractivity contribution in [3.05, 3.63) is 48.0 Å². The van der Waals surface area contributed by atoms with Crippen molar-refractivity contribution in [1.82, 2.24) is 4.90 Å². The predicted molar refractivity (Wildman–Crippen MR) is 123 cm³/mol. The van der Waals surface area contributed by atoms with Crippen LogP contribution in [0.1, 0.15) is 32.3 Å². The number of cyclic esters (lactones) is 1. The fraction of sp³-hybridized carbons (Fsp3) is 0.480. The SMILES string of the molecule is CC(=O)O[C@H](C(=O)C=CC(=O)CCCOCCO)[C@H](C)C(=O)N1C(=O)OC[C@@H]1Cc1ccccc1. The van der Waals surface area contributed by atoms with Gasteiger partial charge in [0.05, 0.1) is 25.2 Å². The van der Waals surface area contributed by atoms with Crippen LogP contribution in [-0.2, 0) is 39.8 Å². The summed E-state index contributed by atoms with van der Waals surface area (Å²) in [5.74, 6) is -3.79. The number of carbonyl (C=O) groups excluding carboxylic acids is 5. The average molecular weight is 490 g/mol. The third kappa shape index (κ3) is 8.73. The van der Waals surface area contributed by atoms with E-state index in [1.807, 2.05) is 30.3 Å². The number of hydrogen-bond donors (Lipinski definition) is 1. The molecule has 10 heteroatoms. The molecule has 1 aromatic carbocycles. The normalized spacial score (nSPS) is 17.2. The van der Waals surface area contributed by atoms with Gasteiger partial charge in [0.15, 0.2) is 17.7 Å². The summed E-state index contributed by atoms with van der Waals surface area (Å²) in [5, 5.41) is 8.65. The molecular formula is C25H31NO9. The van der Waals surface area contributed by atoms with Crippen molar-refractivity contribution in [2.45, 2.75) is 45.3 Å². The Hall–Kier alpha value is -3.37. The molecule has 1 fully saturated rings. The number of amides is 2. The molecule has 3 atom stereocenters.